The first kappa shape index (κ1) is 21.2. The summed E-state index contributed by atoms with van der Waals surface area (Å²) in [5.41, 5.74) is 4.76. The number of benzene rings is 2. The first-order chi connectivity index (χ1) is 16.5. The molecule has 7 heteroatoms. The van der Waals surface area contributed by atoms with E-state index in [4.69, 9.17) is 4.74 Å². The van der Waals surface area contributed by atoms with Gasteiger partial charge in [-0.1, -0.05) is 48.5 Å². The van der Waals surface area contributed by atoms with Gasteiger partial charge < -0.3 is 20.1 Å². The Bertz CT molecular complexity index is 1110. The third-order valence-corrected chi connectivity index (χ3v) is 8.27. The Balaban J connectivity index is 0.969. The standard InChI is InChI=1S/C27H28N2O5/c30-24(29-13-16-12-23(29)25(16)26(31)32)11-15-9-17(10-15)28-27(33)34-14-22-20-7-3-1-5-18(20)19-6-2-4-8-21(19)22/h1-8,15-17,22-23,25H,9-14H2,(H,28,33)(H,31,32). The number of ether oxygens (including phenoxy) is 1. The zero-order valence-electron chi connectivity index (χ0n) is 18.9. The molecule has 3 aliphatic carbocycles. The summed E-state index contributed by atoms with van der Waals surface area (Å²) >= 11 is 0. The molecule has 0 spiro atoms. The van der Waals surface area contributed by atoms with E-state index in [1.54, 1.807) is 4.90 Å². The summed E-state index contributed by atoms with van der Waals surface area (Å²) in [6, 6.07) is 16.4. The van der Waals surface area contributed by atoms with Crippen molar-refractivity contribution >= 4 is 18.0 Å². The van der Waals surface area contributed by atoms with Gasteiger partial charge in [0.05, 0.1) is 5.92 Å². The minimum atomic E-state index is -0.785. The van der Waals surface area contributed by atoms with Crippen LogP contribution in [-0.2, 0) is 14.3 Å². The van der Waals surface area contributed by atoms with Gasteiger partial charge in [0.25, 0.3) is 0 Å². The van der Waals surface area contributed by atoms with Gasteiger partial charge in [-0.05, 0) is 53.4 Å². The number of carboxylic acid groups (broad SMARTS) is 1. The molecule has 0 radical (unpaired) electrons. The van der Waals surface area contributed by atoms with Gasteiger partial charge in [-0.2, -0.15) is 0 Å². The van der Waals surface area contributed by atoms with E-state index in [1.807, 2.05) is 24.3 Å². The summed E-state index contributed by atoms with van der Waals surface area (Å²) in [5.74, 6) is -0.726. The molecule has 0 aromatic heterocycles. The van der Waals surface area contributed by atoms with Gasteiger partial charge in [0, 0.05) is 31.0 Å². The topological polar surface area (TPSA) is 95.9 Å². The minimum Gasteiger partial charge on any atom is -0.481 e. The van der Waals surface area contributed by atoms with Gasteiger partial charge in [-0.15, -0.1) is 0 Å². The zero-order chi connectivity index (χ0) is 23.4. The number of nitrogens with one attached hydrogen (secondary N) is 1. The highest BCUT2D eigenvalue weighted by Crippen LogP contribution is 2.47. The van der Waals surface area contributed by atoms with E-state index < -0.39 is 12.1 Å². The van der Waals surface area contributed by atoms with Crippen LogP contribution in [0.4, 0.5) is 4.79 Å². The Labute approximate surface area is 198 Å². The van der Waals surface area contributed by atoms with Crippen molar-refractivity contribution in [2.24, 2.45) is 17.8 Å². The lowest BCUT2D eigenvalue weighted by atomic mass is 9.74. The number of carbonyl (C=O) groups is 3. The van der Waals surface area contributed by atoms with E-state index >= 15 is 0 Å². The summed E-state index contributed by atoms with van der Waals surface area (Å²) in [7, 11) is 0. The summed E-state index contributed by atoms with van der Waals surface area (Å²) in [6.45, 7) is 0.866. The van der Waals surface area contributed by atoms with Crippen molar-refractivity contribution in [3.05, 3.63) is 59.7 Å². The summed E-state index contributed by atoms with van der Waals surface area (Å²) < 4.78 is 5.62. The van der Waals surface area contributed by atoms with Gasteiger partial charge in [-0.3, -0.25) is 9.59 Å². The molecule has 2 aliphatic heterocycles. The van der Waals surface area contributed by atoms with E-state index in [9.17, 15) is 19.5 Å². The lowest BCUT2D eigenvalue weighted by Gasteiger charge is -2.37. The molecule has 7 rings (SSSR count). The summed E-state index contributed by atoms with van der Waals surface area (Å²) in [5, 5.41) is 12.2. The summed E-state index contributed by atoms with van der Waals surface area (Å²) in [6.07, 6.45) is 2.33. The smallest absolute Gasteiger partial charge is 0.407 e. The quantitative estimate of drug-likeness (QED) is 0.686. The molecule has 2 heterocycles. The lowest BCUT2D eigenvalue weighted by molar-refractivity contribution is -0.148. The molecular formula is C27H28N2O5. The third kappa shape index (κ3) is 3.45. The molecule has 7 nitrogen and oxygen atoms in total. The van der Waals surface area contributed by atoms with Gasteiger partial charge in [0.15, 0.2) is 0 Å². The number of carboxylic acids is 1. The van der Waals surface area contributed by atoms with E-state index in [2.05, 4.69) is 29.6 Å². The Morgan fingerprint density at radius 3 is 2.24 bits per heavy atom. The molecule has 2 bridgehead atoms. The molecule has 2 N–H and O–H groups in total. The SMILES string of the molecule is O=C(NC1CC(CC(=O)N2CC3CC2C3C(=O)O)C1)OCC1c2ccccc2-c2ccccc21. The fourth-order valence-corrected chi connectivity index (χ4v) is 6.46. The molecule has 3 unspecified atom stereocenters. The van der Waals surface area contributed by atoms with Crippen molar-refractivity contribution in [3.8, 4) is 11.1 Å². The maximum absolute atomic E-state index is 12.7. The Morgan fingerprint density at radius 1 is 0.971 bits per heavy atom. The van der Waals surface area contributed by atoms with Crippen LogP contribution in [-0.4, -0.2) is 53.2 Å². The van der Waals surface area contributed by atoms with Crippen molar-refractivity contribution < 1.29 is 24.2 Å². The number of alkyl carbamates (subject to hydrolysis) is 1. The molecule has 2 saturated carbocycles. The molecule has 2 amide bonds. The number of amides is 2. The number of hydrogen-bond acceptors (Lipinski definition) is 4. The molecule has 4 fully saturated rings. The van der Waals surface area contributed by atoms with E-state index in [1.165, 1.54) is 22.3 Å². The van der Waals surface area contributed by atoms with Crippen LogP contribution in [0, 0.1) is 17.8 Å². The highest BCUT2D eigenvalue weighted by molar-refractivity contribution is 5.81. The van der Waals surface area contributed by atoms with Crippen molar-refractivity contribution in [2.45, 2.75) is 43.7 Å². The second-order valence-corrected chi connectivity index (χ2v) is 10.2. The normalized spacial score (nSPS) is 28.4. The van der Waals surface area contributed by atoms with E-state index in [0.717, 1.165) is 19.3 Å². The van der Waals surface area contributed by atoms with Crippen LogP contribution in [0.15, 0.2) is 48.5 Å². The van der Waals surface area contributed by atoms with Gasteiger partial charge >= 0.3 is 12.1 Å². The molecule has 3 atom stereocenters. The largest absolute Gasteiger partial charge is 0.481 e. The van der Waals surface area contributed by atoms with Crippen LogP contribution in [0.3, 0.4) is 0 Å². The highest BCUT2D eigenvalue weighted by atomic mass is 16.5. The number of hydrogen-bond donors (Lipinski definition) is 2. The molecule has 176 valence electrons. The molecular weight excluding hydrogens is 432 g/mol. The van der Waals surface area contributed by atoms with Gasteiger partial charge in [-0.25, -0.2) is 4.79 Å². The average Bonchev–Trinajstić information content (AvgIpc) is 3.47. The van der Waals surface area contributed by atoms with Crippen molar-refractivity contribution in [2.75, 3.05) is 13.2 Å². The highest BCUT2D eigenvalue weighted by Gasteiger charge is 2.57. The molecule has 2 saturated heterocycles. The predicted molar refractivity (Wildman–Crippen MR) is 124 cm³/mol. The number of carbonyl (C=O) groups excluding carboxylic acids is 2. The first-order valence-electron chi connectivity index (χ1n) is 12.1. The average molecular weight is 461 g/mol. The Morgan fingerprint density at radius 2 is 1.62 bits per heavy atom. The monoisotopic (exact) mass is 460 g/mol. The third-order valence-electron chi connectivity index (χ3n) is 8.27. The fraction of sp³-hybridized carbons (Fsp3) is 0.444. The molecule has 5 aliphatic rings. The van der Waals surface area contributed by atoms with Crippen molar-refractivity contribution in [1.29, 1.82) is 0 Å². The van der Waals surface area contributed by atoms with Crippen molar-refractivity contribution in [3.63, 3.8) is 0 Å². The molecule has 2 aromatic rings. The van der Waals surface area contributed by atoms with Crippen LogP contribution in [0.5, 0.6) is 0 Å². The fourth-order valence-electron chi connectivity index (χ4n) is 6.46. The molecule has 34 heavy (non-hydrogen) atoms. The maximum atomic E-state index is 12.7. The van der Waals surface area contributed by atoms with Crippen LogP contribution in [0.1, 0.15) is 42.7 Å². The Kier molecular flexibility index (Phi) is 5.08. The van der Waals surface area contributed by atoms with Crippen molar-refractivity contribution in [1.82, 2.24) is 10.2 Å². The van der Waals surface area contributed by atoms with Gasteiger partial charge in [0.1, 0.15) is 6.61 Å². The zero-order valence-corrected chi connectivity index (χ0v) is 18.9. The number of nitrogens with zero attached hydrogens (tertiary/aromatic N) is 1. The minimum absolute atomic E-state index is 0.0208. The van der Waals surface area contributed by atoms with Crippen LogP contribution >= 0.6 is 0 Å². The number of aliphatic carboxylic acids is 1. The predicted octanol–water partition coefficient (Wildman–Crippen LogP) is 3.63. The second-order valence-electron chi connectivity index (χ2n) is 10.2. The van der Waals surface area contributed by atoms with Gasteiger partial charge in [0.2, 0.25) is 5.91 Å². The van der Waals surface area contributed by atoms with E-state index in [0.29, 0.717) is 13.0 Å². The maximum Gasteiger partial charge on any atom is 0.407 e. The van der Waals surface area contributed by atoms with Crippen LogP contribution < -0.4 is 5.32 Å². The Hall–Kier alpha value is -3.35. The summed E-state index contributed by atoms with van der Waals surface area (Å²) in [4.78, 5) is 38.2. The van der Waals surface area contributed by atoms with E-state index in [-0.39, 0.29) is 48.3 Å². The lowest BCUT2D eigenvalue weighted by Crippen LogP contribution is -2.48. The van der Waals surface area contributed by atoms with Crippen LogP contribution in [0.25, 0.3) is 11.1 Å². The second kappa shape index (κ2) is 8.15. The van der Waals surface area contributed by atoms with Crippen LogP contribution in [0.2, 0.25) is 0 Å². The molecule has 2 aromatic carbocycles. The number of rotatable bonds is 6. The number of fused-ring (bicyclic) bond motifs is 4. The first-order valence-corrected chi connectivity index (χ1v) is 12.1.